The van der Waals surface area contributed by atoms with Crippen LogP contribution in [-0.4, -0.2) is 11.2 Å². The topological polar surface area (TPSA) is 37.3 Å². The molecule has 0 saturated heterocycles. The highest BCUT2D eigenvalue weighted by atomic mass is 15.1. The van der Waals surface area contributed by atoms with Gasteiger partial charge in [-0.05, 0) is 31.6 Å². The second-order valence-corrected chi connectivity index (χ2v) is 5.08. The van der Waals surface area contributed by atoms with Crippen LogP contribution >= 0.6 is 0 Å². The van der Waals surface area contributed by atoms with Crippen molar-refractivity contribution in [3.8, 4) is 11.3 Å². The largest absolute Gasteiger partial charge is 0.363 e. The molecule has 2 heterocycles. The van der Waals surface area contributed by atoms with Crippen molar-refractivity contribution in [1.82, 2.24) is 10.3 Å². The van der Waals surface area contributed by atoms with Gasteiger partial charge >= 0.3 is 0 Å². The number of rotatable bonds is 2. The molecule has 20 heavy (non-hydrogen) atoms. The Hall–Kier alpha value is -2.42. The molecule has 0 saturated carbocycles. The molecule has 3 rings (SSSR count). The maximum Gasteiger partial charge on any atom is 0.169 e. The average Bonchev–Trinajstić information content (AvgIpc) is 2.49. The lowest BCUT2D eigenvalue weighted by Gasteiger charge is -2.27. The van der Waals surface area contributed by atoms with E-state index in [-0.39, 0.29) is 0 Å². The van der Waals surface area contributed by atoms with Crippen LogP contribution in [0.3, 0.4) is 0 Å². The Kier molecular flexibility index (Phi) is 3.11. The Morgan fingerprint density at radius 1 is 1.05 bits per heavy atom. The molecular formula is C17H17N3. The number of hydrogen-bond donors (Lipinski definition) is 1. The van der Waals surface area contributed by atoms with E-state index in [0.717, 1.165) is 17.0 Å². The van der Waals surface area contributed by atoms with E-state index in [0.29, 0.717) is 0 Å². The van der Waals surface area contributed by atoms with Gasteiger partial charge in [0.2, 0.25) is 0 Å². The molecule has 0 fully saturated rings. The van der Waals surface area contributed by atoms with Crippen LogP contribution in [0.4, 0.5) is 0 Å². The van der Waals surface area contributed by atoms with Gasteiger partial charge in [0.25, 0.3) is 0 Å². The summed E-state index contributed by atoms with van der Waals surface area (Å²) in [6, 6.07) is 14.4. The predicted octanol–water partition coefficient (Wildman–Crippen LogP) is 3.42. The summed E-state index contributed by atoms with van der Waals surface area (Å²) in [4.78, 5) is 9.34. The van der Waals surface area contributed by atoms with E-state index in [4.69, 9.17) is 4.98 Å². The first-order valence-corrected chi connectivity index (χ1v) is 6.71. The molecule has 100 valence electrons. The van der Waals surface area contributed by atoms with Gasteiger partial charge < -0.3 is 5.32 Å². The smallest absolute Gasteiger partial charge is 0.169 e. The first-order valence-electron chi connectivity index (χ1n) is 6.71. The van der Waals surface area contributed by atoms with Crippen LogP contribution in [0.25, 0.3) is 11.3 Å². The van der Waals surface area contributed by atoms with Gasteiger partial charge in [0.1, 0.15) is 0 Å². The van der Waals surface area contributed by atoms with Gasteiger partial charge in [-0.15, -0.1) is 0 Å². The van der Waals surface area contributed by atoms with Gasteiger partial charge in [-0.25, -0.2) is 4.98 Å². The van der Waals surface area contributed by atoms with Gasteiger partial charge in [0, 0.05) is 18.0 Å². The average molecular weight is 263 g/mol. The number of aromatic nitrogens is 1. The molecule has 0 bridgehead atoms. The van der Waals surface area contributed by atoms with E-state index in [2.05, 4.69) is 35.4 Å². The summed E-state index contributed by atoms with van der Waals surface area (Å²) >= 11 is 0. The first kappa shape index (κ1) is 12.6. The van der Waals surface area contributed by atoms with E-state index in [1.807, 2.05) is 43.5 Å². The fourth-order valence-electron chi connectivity index (χ4n) is 2.31. The Labute approximate surface area is 119 Å². The van der Waals surface area contributed by atoms with E-state index in [9.17, 15) is 0 Å². The summed E-state index contributed by atoms with van der Waals surface area (Å²) in [7, 11) is 0. The minimum atomic E-state index is -0.494. The lowest BCUT2D eigenvalue weighted by molar-refractivity contribution is 0.426. The minimum absolute atomic E-state index is 0.494. The minimum Gasteiger partial charge on any atom is -0.363 e. The quantitative estimate of drug-likeness (QED) is 0.901. The molecular weight excluding hydrogens is 246 g/mol. The van der Waals surface area contributed by atoms with Crippen LogP contribution in [0, 0.1) is 6.92 Å². The number of aryl methyl sites for hydroxylation is 1. The molecule has 1 N–H and O–H groups in total. The molecule has 0 aliphatic carbocycles. The van der Waals surface area contributed by atoms with Crippen molar-refractivity contribution >= 4 is 6.21 Å². The molecule has 1 atom stereocenters. The standard InChI is InChI=1S/C17H17N3/c1-13-9-10-15(17(2)18-11-6-12-19-17)20-16(13)14-7-4-3-5-8-14/h3-12,18H,1-2H3. The second-order valence-electron chi connectivity index (χ2n) is 5.08. The van der Waals surface area contributed by atoms with Crippen LogP contribution in [0.1, 0.15) is 18.2 Å². The van der Waals surface area contributed by atoms with Crippen molar-refractivity contribution in [1.29, 1.82) is 0 Å². The van der Waals surface area contributed by atoms with Crippen molar-refractivity contribution in [2.45, 2.75) is 19.5 Å². The number of allylic oxidation sites excluding steroid dienone is 1. The third-order valence-electron chi connectivity index (χ3n) is 3.52. The van der Waals surface area contributed by atoms with Crippen molar-refractivity contribution in [2.75, 3.05) is 0 Å². The van der Waals surface area contributed by atoms with Gasteiger partial charge in [-0.3, -0.25) is 4.99 Å². The first-order chi connectivity index (χ1) is 9.69. The number of pyridine rings is 1. The predicted molar refractivity (Wildman–Crippen MR) is 82.5 cm³/mol. The summed E-state index contributed by atoms with van der Waals surface area (Å²) in [5.74, 6) is 0. The summed E-state index contributed by atoms with van der Waals surface area (Å²) in [5.41, 5.74) is 3.73. The number of nitrogens with zero attached hydrogens (tertiary/aromatic N) is 2. The second kappa shape index (κ2) is 4.93. The van der Waals surface area contributed by atoms with Crippen LogP contribution < -0.4 is 5.32 Å². The maximum atomic E-state index is 4.83. The molecule has 3 heteroatoms. The molecule has 0 amide bonds. The van der Waals surface area contributed by atoms with Crippen LogP contribution in [0.5, 0.6) is 0 Å². The van der Waals surface area contributed by atoms with E-state index in [1.165, 1.54) is 5.56 Å². The molecule has 1 aliphatic heterocycles. The molecule has 0 radical (unpaired) electrons. The fraction of sp³-hybridized carbons (Fsp3) is 0.176. The highest BCUT2D eigenvalue weighted by Crippen LogP contribution is 2.27. The Bertz CT molecular complexity index is 674. The summed E-state index contributed by atoms with van der Waals surface area (Å²) in [6.45, 7) is 4.11. The normalized spacial score (nSPS) is 20.7. The third kappa shape index (κ3) is 2.23. The number of aliphatic imine (C=N–C) groups is 1. The highest BCUT2D eigenvalue weighted by molar-refractivity contribution is 5.72. The highest BCUT2D eigenvalue weighted by Gasteiger charge is 2.26. The SMILES string of the molecule is Cc1ccc(C2(C)N=CC=CN2)nc1-c1ccccc1. The van der Waals surface area contributed by atoms with Gasteiger partial charge in [0.15, 0.2) is 5.66 Å². The molecule has 1 aromatic heterocycles. The molecule has 1 aromatic carbocycles. The van der Waals surface area contributed by atoms with Gasteiger partial charge in [0.05, 0.1) is 11.4 Å². The maximum absolute atomic E-state index is 4.83. The van der Waals surface area contributed by atoms with Crippen molar-refractivity contribution in [3.05, 3.63) is 66.0 Å². The van der Waals surface area contributed by atoms with Crippen molar-refractivity contribution in [3.63, 3.8) is 0 Å². The van der Waals surface area contributed by atoms with Crippen LogP contribution in [0.2, 0.25) is 0 Å². The molecule has 1 aliphatic rings. The zero-order chi connectivity index (χ0) is 14.0. The van der Waals surface area contributed by atoms with Crippen LogP contribution in [-0.2, 0) is 5.66 Å². The number of nitrogens with one attached hydrogen (secondary N) is 1. The Balaban J connectivity index is 2.08. The lowest BCUT2D eigenvalue weighted by atomic mass is 10.0. The zero-order valence-corrected chi connectivity index (χ0v) is 11.7. The lowest BCUT2D eigenvalue weighted by Crippen LogP contribution is -2.36. The van der Waals surface area contributed by atoms with Crippen molar-refractivity contribution in [2.24, 2.45) is 4.99 Å². The van der Waals surface area contributed by atoms with E-state index >= 15 is 0 Å². The Morgan fingerprint density at radius 3 is 2.55 bits per heavy atom. The summed E-state index contributed by atoms with van der Waals surface area (Å²) < 4.78 is 0. The molecule has 0 spiro atoms. The fourth-order valence-corrected chi connectivity index (χ4v) is 2.31. The molecule has 1 unspecified atom stereocenters. The summed E-state index contributed by atoms with van der Waals surface area (Å²) in [5, 5.41) is 3.27. The number of benzene rings is 1. The molecule has 2 aromatic rings. The Morgan fingerprint density at radius 2 is 1.85 bits per heavy atom. The third-order valence-corrected chi connectivity index (χ3v) is 3.52. The van der Waals surface area contributed by atoms with Crippen LogP contribution in [0.15, 0.2) is 59.7 Å². The van der Waals surface area contributed by atoms with Gasteiger partial charge in [-0.2, -0.15) is 0 Å². The zero-order valence-electron chi connectivity index (χ0n) is 11.7. The van der Waals surface area contributed by atoms with E-state index < -0.39 is 5.66 Å². The summed E-state index contributed by atoms with van der Waals surface area (Å²) in [6.07, 6.45) is 5.59. The number of hydrogen-bond acceptors (Lipinski definition) is 3. The van der Waals surface area contributed by atoms with Crippen molar-refractivity contribution < 1.29 is 0 Å². The van der Waals surface area contributed by atoms with Gasteiger partial charge in [-0.1, -0.05) is 36.4 Å². The molecule has 3 nitrogen and oxygen atoms in total. The monoisotopic (exact) mass is 263 g/mol. The van der Waals surface area contributed by atoms with E-state index in [1.54, 1.807) is 6.21 Å².